The van der Waals surface area contributed by atoms with Crippen molar-refractivity contribution in [2.75, 3.05) is 6.54 Å². The van der Waals surface area contributed by atoms with Crippen LogP contribution in [-0.4, -0.2) is 29.6 Å². The van der Waals surface area contributed by atoms with E-state index in [0.29, 0.717) is 24.3 Å². The van der Waals surface area contributed by atoms with E-state index in [4.69, 9.17) is 10.8 Å². The molecule has 0 rings (SSSR count). The lowest BCUT2D eigenvalue weighted by Gasteiger charge is -2.25. The van der Waals surface area contributed by atoms with Crippen molar-refractivity contribution >= 4 is 11.9 Å². The first-order chi connectivity index (χ1) is 7.75. The van der Waals surface area contributed by atoms with Crippen molar-refractivity contribution in [2.45, 2.75) is 40.2 Å². The molecule has 0 aliphatic carbocycles. The minimum absolute atomic E-state index is 0.333. The second-order valence-corrected chi connectivity index (χ2v) is 5.10. The largest absolute Gasteiger partial charge is 0.481 e. The summed E-state index contributed by atoms with van der Waals surface area (Å²) in [5, 5.41) is 11.2. The van der Waals surface area contributed by atoms with Crippen LogP contribution < -0.4 is 11.1 Å². The van der Waals surface area contributed by atoms with Gasteiger partial charge < -0.3 is 16.2 Å². The number of hydrogen-bond donors (Lipinski definition) is 3. The van der Waals surface area contributed by atoms with Crippen LogP contribution >= 0.6 is 0 Å². The molecule has 4 N–H and O–H groups in total. The number of nitrogens with one attached hydrogen (secondary N) is 1. The third-order valence-electron chi connectivity index (χ3n) is 2.96. The molecule has 17 heavy (non-hydrogen) atoms. The van der Waals surface area contributed by atoms with E-state index in [1.165, 1.54) is 0 Å². The van der Waals surface area contributed by atoms with Gasteiger partial charge in [0.25, 0.3) is 0 Å². The summed E-state index contributed by atoms with van der Waals surface area (Å²) < 4.78 is 0. The second kappa shape index (κ2) is 7.27. The zero-order chi connectivity index (χ0) is 13.6. The topological polar surface area (TPSA) is 92.4 Å². The van der Waals surface area contributed by atoms with Gasteiger partial charge in [-0.15, -0.1) is 0 Å². The van der Waals surface area contributed by atoms with Gasteiger partial charge in [0.05, 0.1) is 12.5 Å². The van der Waals surface area contributed by atoms with Gasteiger partial charge in [-0.2, -0.15) is 0 Å². The number of amides is 1. The van der Waals surface area contributed by atoms with Crippen LogP contribution in [0.25, 0.3) is 0 Å². The standard InChI is InChI=1S/C12H24N2O3/c1-7(2)9(8(3)4)6-14-12(17)10(13)5-11(15)16/h7-10H,5-6,13H2,1-4H3,(H,14,17)(H,15,16). The lowest BCUT2D eigenvalue weighted by atomic mass is 9.85. The quantitative estimate of drug-likeness (QED) is 0.618. The van der Waals surface area contributed by atoms with E-state index in [2.05, 4.69) is 33.0 Å². The van der Waals surface area contributed by atoms with Crippen LogP contribution in [0.5, 0.6) is 0 Å². The molecule has 1 atom stereocenters. The van der Waals surface area contributed by atoms with Crippen LogP contribution in [0.3, 0.4) is 0 Å². The third kappa shape index (κ3) is 6.26. The molecule has 5 heteroatoms. The Morgan fingerprint density at radius 1 is 1.18 bits per heavy atom. The Balaban J connectivity index is 4.17. The first-order valence-electron chi connectivity index (χ1n) is 6.00. The van der Waals surface area contributed by atoms with Crippen molar-refractivity contribution < 1.29 is 14.7 Å². The number of carbonyl (C=O) groups excluding carboxylic acids is 1. The Hall–Kier alpha value is -1.10. The number of carboxylic acid groups (broad SMARTS) is 1. The molecule has 0 aliphatic rings. The fourth-order valence-electron chi connectivity index (χ4n) is 1.87. The van der Waals surface area contributed by atoms with Crippen LogP contribution in [0.15, 0.2) is 0 Å². The Morgan fingerprint density at radius 3 is 2.00 bits per heavy atom. The van der Waals surface area contributed by atoms with Crippen LogP contribution in [0.1, 0.15) is 34.1 Å². The van der Waals surface area contributed by atoms with E-state index < -0.39 is 17.9 Å². The SMILES string of the molecule is CC(C)C(CNC(=O)C(N)CC(=O)O)C(C)C. The average molecular weight is 244 g/mol. The highest BCUT2D eigenvalue weighted by Gasteiger charge is 2.21. The molecule has 0 bridgehead atoms. The number of nitrogens with two attached hydrogens (primary N) is 1. The van der Waals surface area contributed by atoms with Gasteiger partial charge in [-0.1, -0.05) is 27.7 Å². The number of aliphatic carboxylic acids is 1. The van der Waals surface area contributed by atoms with Crippen LogP contribution in [0.4, 0.5) is 0 Å². The maximum absolute atomic E-state index is 11.5. The van der Waals surface area contributed by atoms with Crippen molar-refractivity contribution in [2.24, 2.45) is 23.5 Å². The molecule has 0 radical (unpaired) electrons. The zero-order valence-corrected chi connectivity index (χ0v) is 11.1. The zero-order valence-electron chi connectivity index (χ0n) is 11.1. The molecule has 1 unspecified atom stereocenters. The van der Waals surface area contributed by atoms with E-state index in [1.807, 2.05) is 0 Å². The molecule has 5 nitrogen and oxygen atoms in total. The Morgan fingerprint density at radius 2 is 1.65 bits per heavy atom. The normalized spacial score (nSPS) is 13.2. The number of hydrogen-bond acceptors (Lipinski definition) is 3. The Labute approximate surface area is 103 Å². The monoisotopic (exact) mass is 244 g/mol. The molecule has 0 spiro atoms. The van der Waals surface area contributed by atoms with E-state index in [0.717, 1.165) is 0 Å². The summed E-state index contributed by atoms with van der Waals surface area (Å²) in [7, 11) is 0. The fraction of sp³-hybridized carbons (Fsp3) is 0.833. The molecule has 100 valence electrons. The second-order valence-electron chi connectivity index (χ2n) is 5.10. The van der Waals surface area contributed by atoms with Gasteiger partial charge in [0.1, 0.15) is 0 Å². The first kappa shape index (κ1) is 15.9. The molecule has 0 aromatic carbocycles. The van der Waals surface area contributed by atoms with Crippen molar-refractivity contribution in [1.82, 2.24) is 5.32 Å². The lowest BCUT2D eigenvalue weighted by Crippen LogP contribution is -2.44. The van der Waals surface area contributed by atoms with Gasteiger partial charge in [0, 0.05) is 6.54 Å². The molecular formula is C12H24N2O3. The van der Waals surface area contributed by atoms with Gasteiger partial charge in [0.15, 0.2) is 0 Å². The van der Waals surface area contributed by atoms with E-state index in [-0.39, 0.29) is 6.42 Å². The lowest BCUT2D eigenvalue weighted by molar-refractivity contribution is -0.139. The third-order valence-corrected chi connectivity index (χ3v) is 2.96. The van der Waals surface area contributed by atoms with Gasteiger partial charge >= 0.3 is 5.97 Å². The van der Waals surface area contributed by atoms with Gasteiger partial charge in [-0.05, 0) is 17.8 Å². The molecule has 0 aliphatic heterocycles. The van der Waals surface area contributed by atoms with Crippen LogP contribution in [-0.2, 0) is 9.59 Å². The molecule has 0 heterocycles. The van der Waals surface area contributed by atoms with Gasteiger partial charge in [-0.3, -0.25) is 9.59 Å². The smallest absolute Gasteiger partial charge is 0.305 e. The maximum Gasteiger partial charge on any atom is 0.305 e. The minimum Gasteiger partial charge on any atom is -0.481 e. The molecule has 1 amide bonds. The molecule has 0 saturated carbocycles. The van der Waals surface area contributed by atoms with Crippen molar-refractivity contribution in [1.29, 1.82) is 0 Å². The number of rotatable bonds is 7. The first-order valence-corrected chi connectivity index (χ1v) is 6.00. The summed E-state index contributed by atoms with van der Waals surface area (Å²) >= 11 is 0. The molecule has 0 fully saturated rings. The van der Waals surface area contributed by atoms with Crippen molar-refractivity contribution in [3.05, 3.63) is 0 Å². The summed E-state index contributed by atoms with van der Waals surface area (Å²) in [5.41, 5.74) is 5.46. The average Bonchev–Trinajstić information content (AvgIpc) is 2.15. The number of carbonyl (C=O) groups is 2. The van der Waals surface area contributed by atoms with Crippen molar-refractivity contribution in [3.8, 4) is 0 Å². The van der Waals surface area contributed by atoms with E-state index in [1.54, 1.807) is 0 Å². The van der Waals surface area contributed by atoms with E-state index in [9.17, 15) is 9.59 Å². The summed E-state index contributed by atoms with van der Waals surface area (Å²) in [4.78, 5) is 21.9. The predicted octanol–water partition coefficient (Wildman–Crippen LogP) is 0.833. The predicted molar refractivity (Wildman–Crippen MR) is 66.4 cm³/mol. The summed E-state index contributed by atoms with van der Waals surface area (Å²) in [6.45, 7) is 8.96. The number of carboxylic acids is 1. The van der Waals surface area contributed by atoms with Crippen molar-refractivity contribution in [3.63, 3.8) is 0 Å². The Kier molecular flexibility index (Phi) is 6.80. The fourth-order valence-corrected chi connectivity index (χ4v) is 1.87. The minimum atomic E-state index is -1.06. The van der Waals surface area contributed by atoms with E-state index >= 15 is 0 Å². The summed E-state index contributed by atoms with van der Waals surface area (Å²) in [6.07, 6.45) is -0.333. The van der Waals surface area contributed by atoms with Gasteiger partial charge in [-0.25, -0.2) is 0 Å². The highest BCUT2D eigenvalue weighted by Crippen LogP contribution is 2.19. The highest BCUT2D eigenvalue weighted by molar-refractivity contribution is 5.85. The molecule has 0 aromatic rings. The Bertz CT molecular complexity index is 256. The summed E-state index contributed by atoms with van der Waals surface area (Å²) in [6, 6.07) is -0.965. The highest BCUT2D eigenvalue weighted by atomic mass is 16.4. The molecule has 0 aromatic heterocycles. The van der Waals surface area contributed by atoms with Crippen LogP contribution in [0, 0.1) is 17.8 Å². The maximum atomic E-state index is 11.5. The summed E-state index contributed by atoms with van der Waals surface area (Å²) in [5.74, 6) is -0.149. The van der Waals surface area contributed by atoms with Crippen LogP contribution in [0.2, 0.25) is 0 Å². The molecule has 0 saturated heterocycles. The van der Waals surface area contributed by atoms with Gasteiger partial charge in [0.2, 0.25) is 5.91 Å². The molecular weight excluding hydrogens is 220 g/mol.